The number of anilines is 2. The van der Waals surface area contributed by atoms with Crippen molar-refractivity contribution in [2.24, 2.45) is 0 Å². The minimum atomic E-state index is -0.727. The predicted molar refractivity (Wildman–Crippen MR) is 68.5 cm³/mol. The average molecular weight is 262 g/mol. The number of rotatable bonds is 2. The van der Waals surface area contributed by atoms with Gasteiger partial charge in [0.1, 0.15) is 23.0 Å². The molecule has 0 saturated heterocycles. The monoisotopic (exact) mass is 262 g/mol. The summed E-state index contributed by atoms with van der Waals surface area (Å²) in [6.45, 7) is 0. The first kappa shape index (κ1) is 12.7. The molecule has 98 valence electrons. The van der Waals surface area contributed by atoms with Gasteiger partial charge in [-0.15, -0.1) is 0 Å². The lowest BCUT2D eigenvalue weighted by molar-refractivity contribution is 0.102. The maximum absolute atomic E-state index is 13.5. The minimum Gasteiger partial charge on any atom is -0.508 e. The van der Waals surface area contributed by atoms with Crippen molar-refractivity contribution in [3.8, 4) is 11.5 Å². The van der Waals surface area contributed by atoms with Gasteiger partial charge in [0, 0.05) is 6.07 Å². The standard InChI is InChI=1S/C13H11FN2O3/c14-9-2-1-3-10(15)12(9)16-13(19)8-5-4-7(17)6-11(8)18/h1-6,17-18H,15H2,(H,16,19). The van der Waals surface area contributed by atoms with Crippen molar-refractivity contribution in [2.75, 3.05) is 11.1 Å². The van der Waals surface area contributed by atoms with Crippen molar-refractivity contribution in [3.63, 3.8) is 0 Å². The predicted octanol–water partition coefficient (Wildman–Crippen LogP) is 2.07. The second-order valence-corrected chi connectivity index (χ2v) is 3.86. The fourth-order valence-electron chi connectivity index (χ4n) is 1.57. The maximum atomic E-state index is 13.5. The average Bonchev–Trinajstić information content (AvgIpc) is 2.33. The molecule has 0 bridgehead atoms. The van der Waals surface area contributed by atoms with Crippen molar-refractivity contribution in [2.45, 2.75) is 0 Å². The first-order valence-corrected chi connectivity index (χ1v) is 5.36. The maximum Gasteiger partial charge on any atom is 0.259 e. The van der Waals surface area contributed by atoms with E-state index < -0.39 is 17.5 Å². The Morgan fingerprint density at radius 2 is 1.95 bits per heavy atom. The third kappa shape index (κ3) is 2.57. The van der Waals surface area contributed by atoms with E-state index in [1.807, 2.05) is 0 Å². The van der Waals surface area contributed by atoms with Crippen molar-refractivity contribution >= 4 is 17.3 Å². The van der Waals surface area contributed by atoms with Crippen LogP contribution in [-0.2, 0) is 0 Å². The molecule has 0 spiro atoms. The first-order valence-electron chi connectivity index (χ1n) is 5.36. The lowest BCUT2D eigenvalue weighted by Gasteiger charge is -2.10. The van der Waals surface area contributed by atoms with Gasteiger partial charge in [0.2, 0.25) is 0 Å². The van der Waals surface area contributed by atoms with Crippen LogP contribution < -0.4 is 11.1 Å². The molecule has 0 atom stereocenters. The van der Waals surface area contributed by atoms with Gasteiger partial charge in [-0.2, -0.15) is 0 Å². The molecule has 6 heteroatoms. The Labute approximate surface area is 108 Å². The molecule has 0 aromatic heterocycles. The van der Waals surface area contributed by atoms with Crippen molar-refractivity contribution in [1.29, 1.82) is 0 Å². The molecule has 0 saturated carbocycles. The molecule has 2 aromatic carbocycles. The summed E-state index contributed by atoms with van der Waals surface area (Å²) in [5.74, 6) is -1.99. The molecule has 0 heterocycles. The number of carbonyl (C=O) groups is 1. The summed E-state index contributed by atoms with van der Waals surface area (Å²) in [7, 11) is 0. The normalized spacial score (nSPS) is 10.2. The summed E-state index contributed by atoms with van der Waals surface area (Å²) in [6, 6.07) is 7.48. The van der Waals surface area contributed by atoms with Crippen LogP contribution >= 0.6 is 0 Å². The number of nitrogen functional groups attached to an aromatic ring is 1. The molecule has 1 amide bonds. The number of halogens is 1. The Morgan fingerprint density at radius 1 is 1.21 bits per heavy atom. The van der Waals surface area contributed by atoms with Crippen LogP contribution in [0.2, 0.25) is 0 Å². The van der Waals surface area contributed by atoms with E-state index in [1.165, 1.54) is 24.3 Å². The summed E-state index contributed by atoms with van der Waals surface area (Å²) in [5.41, 5.74) is 5.38. The molecule has 0 unspecified atom stereocenters. The number of aromatic hydroxyl groups is 2. The molecule has 0 radical (unpaired) electrons. The van der Waals surface area contributed by atoms with Crippen LogP contribution in [0.3, 0.4) is 0 Å². The van der Waals surface area contributed by atoms with E-state index in [0.717, 1.165) is 12.1 Å². The van der Waals surface area contributed by atoms with Crippen LogP contribution in [0.15, 0.2) is 36.4 Å². The summed E-state index contributed by atoms with van der Waals surface area (Å²) in [4.78, 5) is 11.9. The third-order valence-corrected chi connectivity index (χ3v) is 2.51. The molecular weight excluding hydrogens is 251 g/mol. The van der Waals surface area contributed by atoms with Gasteiger partial charge in [-0.25, -0.2) is 4.39 Å². The zero-order chi connectivity index (χ0) is 14.0. The Morgan fingerprint density at radius 3 is 2.58 bits per heavy atom. The van der Waals surface area contributed by atoms with Crippen molar-refractivity contribution in [3.05, 3.63) is 47.8 Å². The Hall–Kier alpha value is -2.76. The van der Waals surface area contributed by atoms with Crippen LogP contribution in [0.25, 0.3) is 0 Å². The summed E-state index contributed by atoms with van der Waals surface area (Å²) in [6.07, 6.45) is 0. The zero-order valence-corrected chi connectivity index (χ0v) is 9.72. The highest BCUT2D eigenvalue weighted by atomic mass is 19.1. The molecule has 0 fully saturated rings. The molecule has 5 N–H and O–H groups in total. The topological polar surface area (TPSA) is 95.6 Å². The lowest BCUT2D eigenvalue weighted by Crippen LogP contribution is -2.14. The Balaban J connectivity index is 2.31. The van der Waals surface area contributed by atoms with Crippen molar-refractivity contribution in [1.82, 2.24) is 0 Å². The molecule has 19 heavy (non-hydrogen) atoms. The van der Waals surface area contributed by atoms with Gasteiger partial charge in [-0.3, -0.25) is 4.79 Å². The SMILES string of the molecule is Nc1cccc(F)c1NC(=O)c1ccc(O)cc1O. The number of hydrogen-bond acceptors (Lipinski definition) is 4. The van der Waals surface area contributed by atoms with E-state index in [0.29, 0.717) is 0 Å². The fraction of sp³-hybridized carbons (Fsp3) is 0. The highest BCUT2D eigenvalue weighted by Crippen LogP contribution is 2.26. The second-order valence-electron chi connectivity index (χ2n) is 3.86. The summed E-state index contributed by atoms with van der Waals surface area (Å²) < 4.78 is 13.5. The second kappa shape index (κ2) is 4.85. The summed E-state index contributed by atoms with van der Waals surface area (Å²) >= 11 is 0. The van der Waals surface area contributed by atoms with Crippen molar-refractivity contribution < 1.29 is 19.4 Å². The van der Waals surface area contributed by atoms with E-state index in [-0.39, 0.29) is 22.7 Å². The van der Waals surface area contributed by atoms with Gasteiger partial charge in [0.15, 0.2) is 0 Å². The molecule has 0 aliphatic heterocycles. The van der Waals surface area contributed by atoms with Crippen LogP contribution in [0.4, 0.5) is 15.8 Å². The molecule has 2 aromatic rings. The summed E-state index contributed by atoms with van der Waals surface area (Å²) in [5, 5.41) is 20.9. The van der Waals surface area contributed by atoms with E-state index in [9.17, 15) is 14.3 Å². The number of hydrogen-bond donors (Lipinski definition) is 4. The number of amides is 1. The van der Waals surface area contributed by atoms with Crippen LogP contribution in [0, 0.1) is 5.82 Å². The molecular formula is C13H11FN2O3. The smallest absolute Gasteiger partial charge is 0.259 e. The highest BCUT2D eigenvalue weighted by Gasteiger charge is 2.15. The van der Waals surface area contributed by atoms with E-state index >= 15 is 0 Å². The number of benzene rings is 2. The van der Waals surface area contributed by atoms with E-state index in [4.69, 9.17) is 10.8 Å². The minimum absolute atomic E-state index is 0.0756. The Bertz CT molecular complexity index is 624. The van der Waals surface area contributed by atoms with Gasteiger partial charge in [-0.05, 0) is 24.3 Å². The largest absolute Gasteiger partial charge is 0.508 e. The number of phenols is 2. The van der Waals surface area contributed by atoms with E-state index in [1.54, 1.807) is 0 Å². The fourth-order valence-corrected chi connectivity index (χ4v) is 1.57. The zero-order valence-electron chi connectivity index (χ0n) is 9.72. The van der Waals surface area contributed by atoms with Gasteiger partial charge < -0.3 is 21.3 Å². The number of carbonyl (C=O) groups excluding carboxylic acids is 1. The van der Waals surface area contributed by atoms with E-state index in [2.05, 4.69) is 5.32 Å². The number of nitrogens with one attached hydrogen (secondary N) is 1. The van der Waals surface area contributed by atoms with Crippen LogP contribution in [0.1, 0.15) is 10.4 Å². The first-order chi connectivity index (χ1) is 8.99. The molecule has 5 nitrogen and oxygen atoms in total. The number of nitrogens with two attached hydrogens (primary N) is 1. The quantitative estimate of drug-likeness (QED) is 0.623. The molecule has 0 aliphatic carbocycles. The number of phenolic OH excluding ortho intramolecular Hbond substituents is 2. The van der Waals surface area contributed by atoms with Gasteiger partial charge in [0.05, 0.1) is 11.3 Å². The lowest BCUT2D eigenvalue weighted by atomic mass is 10.1. The number of para-hydroxylation sites is 1. The molecule has 2 rings (SSSR count). The van der Waals surface area contributed by atoms with Gasteiger partial charge >= 0.3 is 0 Å². The van der Waals surface area contributed by atoms with Gasteiger partial charge in [0.25, 0.3) is 5.91 Å². The van der Waals surface area contributed by atoms with Crippen LogP contribution in [0.5, 0.6) is 11.5 Å². The van der Waals surface area contributed by atoms with Gasteiger partial charge in [-0.1, -0.05) is 6.07 Å². The van der Waals surface area contributed by atoms with Crippen LogP contribution in [-0.4, -0.2) is 16.1 Å². The Kier molecular flexibility index (Phi) is 3.24. The highest BCUT2D eigenvalue weighted by molar-refractivity contribution is 6.07. The molecule has 0 aliphatic rings. The third-order valence-electron chi connectivity index (χ3n) is 2.51.